The zero-order valence-corrected chi connectivity index (χ0v) is 15.3. The summed E-state index contributed by atoms with van der Waals surface area (Å²) in [5.41, 5.74) is 2.51. The van der Waals surface area contributed by atoms with E-state index in [2.05, 4.69) is 15.0 Å². The number of anilines is 1. The van der Waals surface area contributed by atoms with E-state index >= 15 is 0 Å². The van der Waals surface area contributed by atoms with Gasteiger partial charge in [0.05, 0.1) is 11.3 Å². The molecule has 0 aromatic carbocycles. The Labute approximate surface area is 152 Å². The highest BCUT2D eigenvalue weighted by atomic mass is 16.2. The Hall–Kier alpha value is -2.57. The van der Waals surface area contributed by atoms with Crippen molar-refractivity contribution in [3.05, 3.63) is 45.6 Å². The van der Waals surface area contributed by atoms with Gasteiger partial charge in [0.1, 0.15) is 0 Å². The van der Waals surface area contributed by atoms with Crippen LogP contribution in [0.3, 0.4) is 0 Å². The molecule has 7 heteroatoms. The number of hydrogen-bond acceptors (Lipinski definition) is 4. The lowest BCUT2D eigenvalue weighted by molar-refractivity contribution is 0.0788. The maximum absolute atomic E-state index is 13.0. The second-order valence-electron chi connectivity index (χ2n) is 7.56. The Bertz CT molecular complexity index is 865. The van der Waals surface area contributed by atoms with Gasteiger partial charge in [0.15, 0.2) is 0 Å². The molecule has 1 aliphatic carbocycles. The number of hydrogen-bond donors (Lipinski definition) is 2. The van der Waals surface area contributed by atoms with Crippen LogP contribution >= 0.6 is 0 Å². The molecule has 1 atom stereocenters. The van der Waals surface area contributed by atoms with E-state index in [9.17, 15) is 9.59 Å². The van der Waals surface area contributed by atoms with Gasteiger partial charge in [0.2, 0.25) is 5.95 Å². The number of H-pyrrole nitrogens is 2. The Balaban J connectivity index is 1.51. The van der Waals surface area contributed by atoms with Crippen molar-refractivity contribution in [2.75, 3.05) is 32.1 Å². The van der Waals surface area contributed by atoms with E-state index in [1.165, 1.54) is 6.42 Å². The van der Waals surface area contributed by atoms with Gasteiger partial charge in [-0.05, 0) is 31.2 Å². The number of carbonyl (C=O) groups is 1. The molecular weight excluding hydrogens is 330 g/mol. The molecule has 138 valence electrons. The standard InChI is InChI=1S/C19H25N5O2/c1-23(2)19-21-15(10-16(25)22-19)13-7-9-24(11-13)18(26)14-6-8-20-17(14)12-4-3-5-12/h6,8,10,12-13,20H,3-5,7,9,11H2,1-2H3,(H,21,22,25). The number of aromatic nitrogens is 3. The first-order valence-electron chi connectivity index (χ1n) is 9.28. The monoisotopic (exact) mass is 355 g/mol. The molecule has 1 unspecified atom stereocenters. The molecule has 1 amide bonds. The van der Waals surface area contributed by atoms with Gasteiger partial charge < -0.3 is 14.8 Å². The normalized spacial score (nSPS) is 20.2. The number of rotatable bonds is 4. The summed E-state index contributed by atoms with van der Waals surface area (Å²) in [6, 6.07) is 3.46. The lowest BCUT2D eigenvalue weighted by Crippen LogP contribution is -2.30. The average Bonchev–Trinajstić information content (AvgIpc) is 3.21. The molecule has 2 aromatic rings. The van der Waals surface area contributed by atoms with Crippen molar-refractivity contribution in [2.45, 2.75) is 37.5 Å². The van der Waals surface area contributed by atoms with Crippen molar-refractivity contribution < 1.29 is 4.79 Å². The summed E-state index contributed by atoms with van der Waals surface area (Å²) in [4.78, 5) is 39.2. The first-order valence-corrected chi connectivity index (χ1v) is 9.28. The fraction of sp³-hybridized carbons (Fsp3) is 0.526. The van der Waals surface area contributed by atoms with Crippen LogP contribution in [0.4, 0.5) is 5.95 Å². The third-order valence-corrected chi connectivity index (χ3v) is 5.59. The largest absolute Gasteiger partial charge is 0.364 e. The Morgan fingerprint density at radius 2 is 2.08 bits per heavy atom. The van der Waals surface area contributed by atoms with Crippen LogP contribution in [0.25, 0.3) is 0 Å². The van der Waals surface area contributed by atoms with Crippen LogP contribution in [0.5, 0.6) is 0 Å². The van der Waals surface area contributed by atoms with Crippen molar-refractivity contribution >= 4 is 11.9 Å². The first kappa shape index (κ1) is 16.9. The number of carbonyl (C=O) groups excluding carboxylic acids is 1. The predicted octanol–water partition coefficient (Wildman–Crippen LogP) is 2.06. The maximum Gasteiger partial charge on any atom is 0.255 e. The molecule has 2 aliphatic rings. The number of nitrogens with one attached hydrogen (secondary N) is 2. The Morgan fingerprint density at radius 3 is 2.77 bits per heavy atom. The van der Waals surface area contributed by atoms with Crippen LogP contribution < -0.4 is 10.5 Å². The van der Waals surface area contributed by atoms with E-state index < -0.39 is 0 Å². The van der Waals surface area contributed by atoms with Crippen molar-refractivity contribution in [3.8, 4) is 0 Å². The van der Waals surface area contributed by atoms with Gasteiger partial charge in [-0.25, -0.2) is 4.98 Å². The van der Waals surface area contributed by atoms with E-state index in [0.717, 1.165) is 36.2 Å². The summed E-state index contributed by atoms with van der Waals surface area (Å²) in [6.45, 7) is 1.31. The van der Waals surface area contributed by atoms with Gasteiger partial charge >= 0.3 is 0 Å². The quantitative estimate of drug-likeness (QED) is 0.879. The summed E-state index contributed by atoms with van der Waals surface area (Å²) in [7, 11) is 3.70. The van der Waals surface area contributed by atoms with E-state index in [4.69, 9.17) is 0 Å². The summed E-state index contributed by atoms with van der Waals surface area (Å²) < 4.78 is 0. The minimum Gasteiger partial charge on any atom is -0.364 e. The summed E-state index contributed by atoms with van der Waals surface area (Å²) >= 11 is 0. The van der Waals surface area contributed by atoms with Crippen LogP contribution in [0.2, 0.25) is 0 Å². The van der Waals surface area contributed by atoms with Gasteiger partial charge in [-0.1, -0.05) is 6.42 Å². The predicted molar refractivity (Wildman–Crippen MR) is 99.8 cm³/mol. The summed E-state index contributed by atoms with van der Waals surface area (Å²) in [5.74, 6) is 1.24. The molecule has 0 radical (unpaired) electrons. The van der Waals surface area contributed by atoms with E-state index in [-0.39, 0.29) is 17.4 Å². The molecule has 4 rings (SSSR count). The zero-order valence-electron chi connectivity index (χ0n) is 15.3. The lowest BCUT2D eigenvalue weighted by Gasteiger charge is -2.26. The van der Waals surface area contributed by atoms with Crippen LogP contribution in [-0.4, -0.2) is 52.9 Å². The molecule has 1 saturated heterocycles. The van der Waals surface area contributed by atoms with E-state index in [1.807, 2.05) is 31.3 Å². The SMILES string of the molecule is CN(C)c1nc(C2CCN(C(=O)c3cc[nH]c3C3CCC3)C2)cc(=O)[nH]1. The molecule has 1 saturated carbocycles. The first-order chi connectivity index (χ1) is 12.5. The van der Waals surface area contributed by atoms with Crippen LogP contribution in [-0.2, 0) is 0 Å². The molecule has 2 fully saturated rings. The number of likely N-dealkylation sites (tertiary alicyclic amines) is 1. The highest BCUT2D eigenvalue weighted by molar-refractivity contribution is 5.96. The lowest BCUT2D eigenvalue weighted by atomic mass is 9.81. The molecule has 2 N–H and O–H groups in total. The molecular formula is C19H25N5O2. The second-order valence-corrected chi connectivity index (χ2v) is 7.56. The van der Waals surface area contributed by atoms with Crippen molar-refractivity contribution in [2.24, 2.45) is 0 Å². The van der Waals surface area contributed by atoms with Gasteiger partial charge in [0, 0.05) is 51.1 Å². The number of aromatic amines is 2. The number of nitrogens with zero attached hydrogens (tertiary/aromatic N) is 3. The van der Waals surface area contributed by atoms with Gasteiger partial charge in [-0.15, -0.1) is 0 Å². The van der Waals surface area contributed by atoms with Crippen LogP contribution in [0.1, 0.15) is 59.3 Å². The summed E-state index contributed by atoms with van der Waals surface area (Å²) in [6.07, 6.45) is 6.26. The third kappa shape index (κ3) is 3.02. The molecule has 0 bridgehead atoms. The number of amides is 1. The van der Waals surface area contributed by atoms with Crippen molar-refractivity contribution in [3.63, 3.8) is 0 Å². The molecule has 1 aliphatic heterocycles. The average molecular weight is 355 g/mol. The smallest absolute Gasteiger partial charge is 0.255 e. The maximum atomic E-state index is 13.0. The van der Waals surface area contributed by atoms with Gasteiger partial charge in [-0.3, -0.25) is 14.6 Å². The minimum atomic E-state index is -0.151. The zero-order chi connectivity index (χ0) is 18.3. The van der Waals surface area contributed by atoms with E-state index in [1.54, 1.807) is 11.0 Å². The second kappa shape index (κ2) is 6.63. The molecule has 3 heterocycles. The highest BCUT2D eigenvalue weighted by Crippen LogP contribution is 2.38. The molecule has 2 aromatic heterocycles. The molecule has 0 spiro atoms. The van der Waals surface area contributed by atoms with Crippen LogP contribution in [0, 0.1) is 0 Å². The minimum absolute atomic E-state index is 0.0910. The molecule has 7 nitrogen and oxygen atoms in total. The fourth-order valence-corrected chi connectivity index (χ4v) is 3.84. The van der Waals surface area contributed by atoms with Crippen molar-refractivity contribution in [1.29, 1.82) is 0 Å². The molecule has 26 heavy (non-hydrogen) atoms. The van der Waals surface area contributed by atoms with Gasteiger partial charge in [-0.2, -0.15) is 0 Å². The fourth-order valence-electron chi connectivity index (χ4n) is 3.84. The van der Waals surface area contributed by atoms with Crippen molar-refractivity contribution in [1.82, 2.24) is 19.9 Å². The summed E-state index contributed by atoms with van der Waals surface area (Å²) in [5, 5.41) is 0. The van der Waals surface area contributed by atoms with E-state index in [0.29, 0.717) is 25.0 Å². The van der Waals surface area contributed by atoms with Crippen LogP contribution in [0.15, 0.2) is 23.1 Å². The van der Waals surface area contributed by atoms with Gasteiger partial charge in [0.25, 0.3) is 11.5 Å². The highest BCUT2D eigenvalue weighted by Gasteiger charge is 2.32. The Kier molecular flexibility index (Phi) is 4.30. The third-order valence-electron chi connectivity index (χ3n) is 5.59. The topological polar surface area (TPSA) is 85.1 Å². The Morgan fingerprint density at radius 1 is 1.27 bits per heavy atom.